The molecule has 1 aliphatic rings. The lowest BCUT2D eigenvalue weighted by Gasteiger charge is -2.19. The lowest BCUT2D eigenvalue weighted by molar-refractivity contribution is -0.119. The van der Waals surface area contributed by atoms with Crippen LogP contribution in [0.2, 0.25) is 0 Å². The van der Waals surface area contributed by atoms with Crippen molar-refractivity contribution < 1.29 is 19.7 Å². The van der Waals surface area contributed by atoms with E-state index in [0.717, 1.165) is 10.7 Å². The van der Waals surface area contributed by atoms with E-state index in [1.54, 1.807) is 0 Å². The molecule has 1 aromatic heterocycles. The van der Waals surface area contributed by atoms with Crippen molar-refractivity contribution in [1.82, 2.24) is 14.9 Å². The van der Waals surface area contributed by atoms with Crippen LogP contribution in [0.15, 0.2) is 15.8 Å². The fourth-order valence-corrected chi connectivity index (χ4v) is 3.69. The molecule has 0 spiro atoms. The van der Waals surface area contributed by atoms with Gasteiger partial charge in [0.2, 0.25) is 5.91 Å². The maximum absolute atomic E-state index is 12.1. The summed E-state index contributed by atoms with van der Waals surface area (Å²) in [4.78, 5) is 37.2. The van der Waals surface area contributed by atoms with Crippen molar-refractivity contribution in [3.8, 4) is 0 Å². The van der Waals surface area contributed by atoms with Crippen LogP contribution in [0.3, 0.4) is 0 Å². The summed E-state index contributed by atoms with van der Waals surface area (Å²) < 4.78 is 6.75. The van der Waals surface area contributed by atoms with Gasteiger partial charge in [-0.1, -0.05) is 0 Å². The number of aromatic amines is 1. The largest absolute Gasteiger partial charge is 0.388 e. The number of nitrogens with zero attached hydrogens (tertiary/aromatic N) is 1. The number of nitrogens with one attached hydrogen (secondary N) is 2. The molecule has 4 N–H and O–H groups in total. The molecular formula is C16H26N3O6P. The topological polar surface area (TPSA) is 134 Å². The second-order valence-electron chi connectivity index (χ2n) is 7.22. The molecule has 26 heavy (non-hydrogen) atoms. The molecule has 2 rings (SSSR count). The molecule has 0 radical (unpaired) electrons. The molecule has 1 amide bonds. The van der Waals surface area contributed by atoms with Crippen molar-refractivity contribution in [3.05, 3.63) is 32.6 Å². The SMILES string of the molecule is C=P(C)(C)CC[C@H]1O[C@@H](n2cc(CNC(C)=O)c(=O)[nH]c2=O)C(O)[C@@H]1O. The zero-order valence-electron chi connectivity index (χ0n) is 15.1. The highest BCUT2D eigenvalue weighted by Crippen LogP contribution is 2.39. The Labute approximate surface area is 151 Å². The summed E-state index contributed by atoms with van der Waals surface area (Å²) in [5, 5.41) is 23.0. The average Bonchev–Trinajstić information content (AvgIpc) is 2.79. The van der Waals surface area contributed by atoms with Gasteiger partial charge in [-0.2, -0.15) is 0 Å². The van der Waals surface area contributed by atoms with Crippen molar-refractivity contribution in [2.24, 2.45) is 0 Å². The van der Waals surface area contributed by atoms with Crippen LogP contribution in [0.4, 0.5) is 0 Å². The van der Waals surface area contributed by atoms with E-state index in [0.29, 0.717) is 6.42 Å². The van der Waals surface area contributed by atoms with Crippen molar-refractivity contribution in [1.29, 1.82) is 0 Å². The number of amides is 1. The zero-order valence-corrected chi connectivity index (χ0v) is 16.0. The number of aliphatic hydroxyl groups is 2. The number of ether oxygens (including phenoxy) is 1. The van der Waals surface area contributed by atoms with E-state index in [4.69, 9.17) is 4.74 Å². The number of rotatable bonds is 6. The molecule has 4 atom stereocenters. The summed E-state index contributed by atoms with van der Waals surface area (Å²) in [6, 6.07) is 0. The van der Waals surface area contributed by atoms with E-state index in [1.165, 1.54) is 13.1 Å². The zero-order chi connectivity index (χ0) is 19.6. The maximum Gasteiger partial charge on any atom is 0.330 e. The Kier molecular flexibility index (Phi) is 6.29. The molecule has 9 nitrogen and oxygen atoms in total. The summed E-state index contributed by atoms with van der Waals surface area (Å²) in [7, 11) is 0. The molecule has 146 valence electrons. The molecule has 1 fully saturated rings. The molecule has 0 aromatic carbocycles. The summed E-state index contributed by atoms with van der Waals surface area (Å²) in [6.45, 7) is 4.03. The number of carbonyl (C=O) groups excluding carboxylic acids is 1. The van der Waals surface area contributed by atoms with E-state index in [-0.39, 0.29) is 18.0 Å². The van der Waals surface area contributed by atoms with Crippen LogP contribution in [0.5, 0.6) is 0 Å². The van der Waals surface area contributed by atoms with Crippen molar-refractivity contribution >= 4 is 19.1 Å². The van der Waals surface area contributed by atoms with Crippen molar-refractivity contribution in [3.63, 3.8) is 0 Å². The number of aromatic nitrogens is 2. The summed E-state index contributed by atoms with van der Waals surface area (Å²) in [5.41, 5.74) is -1.25. The number of hydrogen-bond donors (Lipinski definition) is 4. The molecule has 1 aromatic rings. The lowest BCUT2D eigenvalue weighted by atomic mass is 10.1. The minimum atomic E-state index is -1.33. The predicted molar refractivity (Wildman–Crippen MR) is 100 cm³/mol. The van der Waals surface area contributed by atoms with Gasteiger partial charge >= 0.3 is 5.69 Å². The molecular weight excluding hydrogens is 361 g/mol. The minimum absolute atomic E-state index is 0.0695. The van der Waals surface area contributed by atoms with Gasteiger partial charge in [-0.3, -0.25) is 19.1 Å². The van der Waals surface area contributed by atoms with Gasteiger partial charge in [0.25, 0.3) is 5.56 Å². The molecule has 1 aliphatic heterocycles. The number of aliphatic hydroxyl groups excluding tert-OH is 2. The van der Waals surface area contributed by atoms with Crippen LogP contribution in [0.1, 0.15) is 25.1 Å². The van der Waals surface area contributed by atoms with Gasteiger partial charge in [-0.15, -0.1) is 13.2 Å². The van der Waals surface area contributed by atoms with Crippen LogP contribution in [-0.4, -0.2) is 69.8 Å². The first-order valence-electron chi connectivity index (χ1n) is 8.27. The first-order valence-corrected chi connectivity index (χ1v) is 11.3. The second kappa shape index (κ2) is 7.92. The molecule has 10 heteroatoms. The number of H-pyrrole nitrogens is 1. The minimum Gasteiger partial charge on any atom is -0.388 e. The van der Waals surface area contributed by atoms with Gasteiger partial charge in [0.05, 0.1) is 11.7 Å². The Morgan fingerprint density at radius 3 is 2.62 bits per heavy atom. The summed E-state index contributed by atoms with van der Waals surface area (Å²) >= 11 is 0. The molecule has 0 bridgehead atoms. The standard InChI is InChI=1S/C16H26N3O6P/c1-9(20)17-7-10-8-19(16(24)18-14(10)23)15-13(22)12(21)11(25-15)5-6-26(2,3)4/h8,11-13,15,21-22H,2,5-7H2,1,3-4H3,(H,17,20)(H,18,23,24)/t11-,12-,13?,15-/m1/s1. The average molecular weight is 387 g/mol. The maximum atomic E-state index is 12.1. The summed E-state index contributed by atoms with van der Waals surface area (Å²) in [5.74, 6) is -0.325. The third-order valence-corrected chi connectivity index (χ3v) is 5.67. The normalized spacial score (nSPS) is 26.0. The highest BCUT2D eigenvalue weighted by molar-refractivity contribution is 7.72. The Balaban J connectivity index is 2.25. The van der Waals surface area contributed by atoms with Crippen molar-refractivity contribution in [2.75, 3.05) is 19.5 Å². The van der Waals surface area contributed by atoms with E-state index in [9.17, 15) is 24.6 Å². The molecule has 0 aliphatic carbocycles. The molecule has 1 unspecified atom stereocenters. The first kappa shape index (κ1) is 20.6. The van der Waals surface area contributed by atoms with E-state index in [2.05, 4.69) is 29.9 Å². The number of carbonyl (C=O) groups is 1. The van der Waals surface area contributed by atoms with Crippen LogP contribution in [0, 0.1) is 0 Å². The van der Waals surface area contributed by atoms with Crippen LogP contribution >= 0.6 is 6.89 Å². The van der Waals surface area contributed by atoms with Gasteiger partial charge in [0, 0.05) is 19.7 Å². The Morgan fingerprint density at radius 1 is 1.38 bits per heavy atom. The van der Waals surface area contributed by atoms with Crippen molar-refractivity contribution in [2.45, 2.75) is 44.4 Å². The van der Waals surface area contributed by atoms with Gasteiger partial charge in [-0.25, -0.2) is 4.79 Å². The Bertz CT molecular complexity index is 826. The Morgan fingerprint density at radius 2 is 2.04 bits per heavy atom. The van der Waals surface area contributed by atoms with E-state index < -0.39 is 42.7 Å². The molecule has 0 saturated carbocycles. The predicted octanol–water partition coefficient (Wildman–Crippen LogP) is -1.11. The van der Waals surface area contributed by atoms with Crippen LogP contribution in [-0.2, 0) is 16.1 Å². The fourth-order valence-electron chi connectivity index (χ4n) is 2.74. The third-order valence-electron chi connectivity index (χ3n) is 4.20. The molecule has 2 heterocycles. The highest BCUT2D eigenvalue weighted by Gasteiger charge is 2.44. The van der Waals surface area contributed by atoms with Crippen LogP contribution in [0.25, 0.3) is 0 Å². The fraction of sp³-hybridized carbons (Fsp3) is 0.625. The highest BCUT2D eigenvalue weighted by atomic mass is 31.2. The first-order chi connectivity index (χ1) is 12.0. The quantitative estimate of drug-likeness (QED) is 0.458. The summed E-state index contributed by atoms with van der Waals surface area (Å²) in [6.07, 6.45) is 2.40. The van der Waals surface area contributed by atoms with Gasteiger partial charge in [-0.05, 0) is 25.9 Å². The van der Waals surface area contributed by atoms with Gasteiger partial charge in [0.1, 0.15) is 12.2 Å². The lowest BCUT2D eigenvalue weighted by Crippen LogP contribution is -2.39. The van der Waals surface area contributed by atoms with Gasteiger partial charge in [0.15, 0.2) is 6.23 Å². The third kappa shape index (κ3) is 4.94. The van der Waals surface area contributed by atoms with E-state index in [1.807, 2.05) is 0 Å². The van der Waals surface area contributed by atoms with Gasteiger partial charge < -0.3 is 20.3 Å². The smallest absolute Gasteiger partial charge is 0.330 e. The van der Waals surface area contributed by atoms with Crippen LogP contribution < -0.4 is 16.6 Å². The molecule has 1 saturated heterocycles. The second-order valence-corrected chi connectivity index (χ2v) is 11.5. The monoisotopic (exact) mass is 387 g/mol. The Hall–Kier alpha value is -1.67. The number of hydrogen-bond acceptors (Lipinski definition) is 6. The van der Waals surface area contributed by atoms with E-state index >= 15 is 0 Å².